The van der Waals surface area contributed by atoms with E-state index in [0.717, 1.165) is 0 Å². The van der Waals surface area contributed by atoms with Crippen molar-refractivity contribution in [2.75, 3.05) is 5.01 Å². The van der Waals surface area contributed by atoms with E-state index in [1.165, 1.54) is 18.2 Å². The molecule has 1 aromatic carbocycles. The molecule has 0 radical (unpaired) electrons. The Morgan fingerprint density at radius 1 is 1.36 bits per heavy atom. The van der Waals surface area contributed by atoms with Crippen LogP contribution in [0.2, 0.25) is 5.02 Å². The van der Waals surface area contributed by atoms with Crippen LogP contribution >= 0.6 is 27.5 Å². The van der Waals surface area contributed by atoms with Crippen molar-refractivity contribution in [2.24, 2.45) is 5.84 Å². The van der Waals surface area contributed by atoms with Gasteiger partial charge in [0.05, 0.1) is 10.7 Å². The third-order valence-corrected chi connectivity index (χ3v) is 2.67. The molecule has 78 valence electrons. The fourth-order valence-corrected chi connectivity index (χ4v) is 1.27. The quantitative estimate of drug-likeness (QED) is 0.488. The molecule has 0 spiro atoms. The first-order valence-electron chi connectivity index (χ1n) is 3.39. The van der Waals surface area contributed by atoms with Gasteiger partial charge in [-0.3, -0.25) is 0 Å². The molecule has 14 heavy (non-hydrogen) atoms. The molecule has 2 N–H and O–H groups in total. The molecule has 0 aliphatic heterocycles. The zero-order valence-electron chi connectivity index (χ0n) is 6.65. The van der Waals surface area contributed by atoms with Crippen LogP contribution in [0.25, 0.3) is 0 Å². The lowest BCUT2D eigenvalue weighted by atomic mass is 10.3. The van der Waals surface area contributed by atoms with E-state index in [9.17, 15) is 13.2 Å². The lowest BCUT2D eigenvalue weighted by Gasteiger charge is -2.21. The average Bonchev–Trinajstić information content (AvgIpc) is 2.07. The fourth-order valence-electron chi connectivity index (χ4n) is 0.781. The van der Waals surface area contributed by atoms with Crippen LogP contribution in [0.15, 0.2) is 22.7 Å². The Bertz CT molecular complexity index is 342. The second-order valence-electron chi connectivity index (χ2n) is 2.44. The number of halogens is 5. The molecule has 1 aromatic rings. The molecular weight excluding hydrogens is 284 g/mol. The summed E-state index contributed by atoms with van der Waals surface area (Å²) in [5, 5.41) is 0.0398. The molecule has 2 nitrogen and oxygen atoms in total. The van der Waals surface area contributed by atoms with E-state index in [0.29, 0.717) is 9.50 Å². The first kappa shape index (κ1) is 11.6. The highest BCUT2D eigenvalue weighted by Gasteiger charge is 2.35. The Hall–Kier alpha value is -0.460. The van der Waals surface area contributed by atoms with Crippen molar-refractivity contribution >= 4 is 33.2 Å². The standard InChI is InChI=1S/C7H5BrClF3N2/c8-5-3-4(1-2-6(5)9)14(13)7(10,11)12/h1-3H,13H2. The molecule has 0 heterocycles. The smallest absolute Gasteiger partial charge is 0.240 e. The predicted octanol–water partition coefficient (Wildman–Crippen LogP) is 3.30. The van der Waals surface area contributed by atoms with Gasteiger partial charge >= 0.3 is 6.30 Å². The number of hydrazine groups is 1. The number of rotatable bonds is 1. The van der Waals surface area contributed by atoms with Crippen LogP contribution in [0.4, 0.5) is 18.9 Å². The van der Waals surface area contributed by atoms with Crippen molar-refractivity contribution in [2.45, 2.75) is 6.30 Å². The van der Waals surface area contributed by atoms with Crippen LogP contribution in [0.1, 0.15) is 0 Å². The monoisotopic (exact) mass is 288 g/mol. The zero-order chi connectivity index (χ0) is 10.9. The van der Waals surface area contributed by atoms with Gasteiger partial charge in [0, 0.05) is 4.47 Å². The summed E-state index contributed by atoms with van der Waals surface area (Å²) in [4.78, 5) is 0. The largest absolute Gasteiger partial charge is 0.498 e. The molecule has 0 fully saturated rings. The van der Waals surface area contributed by atoms with Gasteiger partial charge in [-0.05, 0) is 34.1 Å². The second-order valence-corrected chi connectivity index (χ2v) is 3.70. The highest BCUT2D eigenvalue weighted by atomic mass is 79.9. The average molecular weight is 289 g/mol. The van der Waals surface area contributed by atoms with E-state index < -0.39 is 6.30 Å². The Morgan fingerprint density at radius 3 is 2.36 bits per heavy atom. The maximum Gasteiger partial charge on any atom is 0.498 e. The van der Waals surface area contributed by atoms with Crippen LogP contribution in [-0.4, -0.2) is 6.30 Å². The van der Waals surface area contributed by atoms with Crippen molar-refractivity contribution in [1.29, 1.82) is 0 Å². The molecule has 0 aliphatic carbocycles. The Labute approximate surface area is 91.5 Å². The summed E-state index contributed by atoms with van der Waals surface area (Å²) in [6.45, 7) is 0. The molecular formula is C7H5BrClF3N2. The summed E-state index contributed by atoms with van der Waals surface area (Å²) in [5.41, 5.74) is -0.186. The minimum absolute atomic E-state index is 0.186. The first-order valence-corrected chi connectivity index (χ1v) is 4.56. The summed E-state index contributed by atoms with van der Waals surface area (Å²) < 4.78 is 36.7. The first-order chi connectivity index (χ1) is 6.32. The number of hydrogen-bond donors (Lipinski definition) is 1. The molecule has 0 saturated heterocycles. The molecule has 0 saturated carbocycles. The van der Waals surface area contributed by atoms with Crippen LogP contribution in [0, 0.1) is 0 Å². The molecule has 7 heteroatoms. The fraction of sp³-hybridized carbons (Fsp3) is 0.143. The molecule has 1 rings (SSSR count). The number of benzene rings is 1. The van der Waals surface area contributed by atoms with Crippen LogP contribution in [-0.2, 0) is 0 Å². The minimum Gasteiger partial charge on any atom is -0.240 e. The van der Waals surface area contributed by atoms with Crippen molar-refractivity contribution in [1.82, 2.24) is 0 Å². The Balaban J connectivity index is 3.03. The number of nitrogens with zero attached hydrogens (tertiary/aromatic N) is 1. The second kappa shape index (κ2) is 3.96. The molecule has 0 aromatic heterocycles. The van der Waals surface area contributed by atoms with Crippen LogP contribution < -0.4 is 10.9 Å². The van der Waals surface area contributed by atoms with E-state index in [4.69, 9.17) is 17.4 Å². The SMILES string of the molecule is NN(c1ccc(Cl)c(Br)c1)C(F)(F)F. The predicted molar refractivity (Wildman–Crippen MR) is 51.9 cm³/mol. The van der Waals surface area contributed by atoms with Gasteiger partial charge in [-0.2, -0.15) is 0 Å². The van der Waals surface area contributed by atoms with Crippen molar-refractivity contribution in [3.63, 3.8) is 0 Å². The summed E-state index contributed by atoms with van der Waals surface area (Å²) in [5.74, 6) is 4.84. The third-order valence-electron chi connectivity index (χ3n) is 1.45. The third kappa shape index (κ3) is 2.52. The van der Waals surface area contributed by atoms with Gasteiger partial charge in [0.25, 0.3) is 0 Å². The van der Waals surface area contributed by atoms with E-state index in [-0.39, 0.29) is 10.7 Å². The summed E-state index contributed by atoms with van der Waals surface area (Å²) in [7, 11) is 0. The van der Waals surface area contributed by atoms with Gasteiger partial charge in [0.15, 0.2) is 0 Å². The Morgan fingerprint density at radius 2 is 1.93 bits per heavy atom. The van der Waals surface area contributed by atoms with Gasteiger partial charge in [-0.15, -0.1) is 13.2 Å². The molecule has 0 atom stereocenters. The lowest BCUT2D eigenvalue weighted by molar-refractivity contribution is -0.129. The van der Waals surface area contributed by atoms with Gasteiger partial charge in [-0.25, -0.2) is 10.9 Å². The topological polar surface area (TPSA) is 29.3 Å². The van der Waals surface area contributed by atoms with E-state index in [1.807, 2.05) is 0 Å². The van der Waals surface area contributed by atoms with Gasteiger partial charge in [-0.1, -0.05) is 11.6 Å². The number of anilines is 1. The highest BCUT2D eigenvalue weighted by molar-refractivity contribution is 9.10. The summed E-state index contributed by atoms with van der Waals surface area (Å²) in [6.07, 6.45) is -4.60. The van der Waals surface area contributed by atoms with E-state index in [2.05, 4.69) is 15.9 Å². The van der Waals surface area contributed by atoms with Crippen LogP contribution in [0.5, 0.6) is 0 Å². The Kier molecular flexibility index (Phi) is 3.28. The van der Waals surface area contributed by atoms with Crippen LogP contribution in [0.3, 0.4) is 0 Å². The minimum atomic E-state index is -4.60. The van der Waals surface area contributed by atoms with Gasteiger partial charge in [0.1, 0.15) is 0 Å². The number of nitrogens with two attached hydrogens (primary N) is 1. The number of hydrogen-bond acceptors (Lipinski definition) is 2. The zero-order valence-corrected chi connectivity index (χ0v) is 8.99. The van der Waals surface area contributed by atoms with Crippen molar-refractivity contribution in [3.8, 4) is 0 Å². The van der Waals surface area contributed by atoms with Gasteiger partial charge < -0.3 is 0 Å². The van der Waals surface area contributed by atoms with Crippen molar-refractivity contribution < 1.29 is 13.2 Å². The number of alkyl halides is 3. The normalized spacial score (nSPS) is 11.6. The molecule has 0 unspecified atom stereocenters. The maximum atomic E-state index is 12.1. The molecule has 0 aliphatic rings. The molecule has 0 bridgehead atoms. The van der Waals surface area contributed by atoms with E-state index >= 15 is 0 Å². The summed E-state index contributed by atoms with van der Waals surface area (Å²) >= 11 is 8.61. The highest BCUT2D eigenvalue weighted by Crippen LogP contribution is 2.30. The summed E-state index contributed by atoms with van der Waals surface area (Å²) in [6, 6.07) is 3.70. The van der Waals surface area contributed by atoms with E-state index in [1.54, 1.807) is 0 Å². The lowest BCUT2D eigenvalue weighted by Crippen LogP contribution is -2.43. The van der Waals surface area contributed by atoms with Gasteiger partial charge in [0.2, 0.25) is 0 Å². The van der Waals surface area contributed by atoms with Crippen molar-refractivity contribution in [3.05, 3.63) is 27.7 Å². The molecule has 0 amide bonds. The maximum absolute atomic E-state index is 12.1.